The first kappa shape index (κ1) is 20.9. The van der Waals surface area contributed by atoms with Crippen LogP contribution in [0.25, 0.3) is 0 Å². The lowest BCUT2D eigenvalue weighted by molar-refractivity contribution is -0.124. The Kier molecular flexibility index (Phi) is 6.22. The zero-order chi connectivity index (χ0) is 20.9. The number of sulfone groups is 1. The maximum Gasteiger partial charge on any atom is 0.258 e. The van der Waals surface area contributed by atoms with Gasteiger partial charge in [0.25, 0.3) is 11.8 Å². The fourth-order valence-corrected chi connectivity index (χ4v) is 5.37. The monoisotopic (exact) mass is 416 g/mol. The summed E-state index contributed by atoms with van der Waals surface area (Å²) in [5.41, 5.74) is 0.510. The van der Waals surface area contributed by atoms with E-state index in [1.54, 1.807) is 31.2 Å². The second-order valence-electron chi connectivity index (χ2n) is 7.40. The molecule has 1 fully saturated rings. The van der Waals surface area contributed by atoms with Gasteiger partial charge in [-0.05, 0) is 31.0 Å². The Labute approximate surface area is 170 Å². The van der Waals surface area contributed by atoms with E-state index in [-0.39, 0.29) is 29.8 Å². The molecular formula is C21H24N2O5S. The lowest BCUT2D eigenvalue weighted by Gasteiger charge is -2.24. The number of nitrogens with one attached hydrogen (secondary N) is 2. The van der Waals surface area contributed by atoms with E-state index in [9.17, 15) is 18.0 Å². The summed E-state index contributed by atoms with van der Waals surface area (Å²) in [6, 6.07) is 16.2. The fraction of sp³-hybridized carbons (Fsp3) is 0.333. The van der Waals surface area contributed by atoms with Crippen molar-refractivity contribution in [3.05, 3.63) is 65.7 Å². The zero-order valence-corrected chi connectivity index (χ0v) is 17.0. The molecule has 29 heavy (non-hydrogen) atoms. The molecule has 3 rings (SSSR count). The number of benzene rings is 2. The molecule has 8 heteroatoms. The summed E-state index contributed by atoms with van der Waals surface area (Å²) in [6.07, 6.45) is 0.375. The van der Waals surface area contributed by atoms with Gasteiger partial charge in [-0.2, -0.15) is 0 Å². The fourth-order valence-electron chi connectivity index (χ4n) is 3.28. The molecule has 1 heterocycles. The number of para-hydroxylation sites is 1. The summed E-state index contributed by atoms with van der Waals surface area (Å²) < 4.78 is 28.9. The van der Waals surface area contributed by atoms with Gasteiger partial charge in [0.15, 0.2) is 16.4 Å². The van der Waals surface area contributed by atoms with Crippen LogP contribution in [-0.2, 0) is 21.2 Å². The molecule has 1 aliphatic heterocycles. The highest BCUT2D eigenvalue weighted by atomic mass is 32.2. The number of amides is 2. The highest BCUT2D eigenvalue weighted by Gasteiger charge is 2.39. The molecule has 0 saturated carbocycles. The summed E-state index contributed by atoms with van der Waals surface area (Å²) in [4.78, 5) is 24.8. The molecule has 154 valence electrons. The van der Waals surface area contributed by atoms with Crippen LogP contribution in [0.15, 0.2) is 54.6 Å². The molecule has 0 bridgehead atoms. The summed E-state index contributed by atoms with van der Waals surface area (Å²) in [7, 11) is -3.12. The molecule has 0 aliphatic carbocycles. The molecule has 2 aromatic carbocycles. The molecule has 1 saturated heterocycles. The van der Waals surface area contributed by atoms with Crippen molar-refractivity contribution in [1.29, 1.82) is 0 Å². The first-order valence-electron chi connectivity index (χ1n) is 9.32. The van der Waals surface area contributed by atoms with Crippen LogP contribution in [0.1, 0.15) is 29.3 Å². The standard InChI is InChI=1S/C21H24N2O5S/c1-21(11-12-29(26,27)15-21)23-19(24)14-28-18-10-6-5-9-17(18)20(25)22-13-16-7-3-2-4-8-16/h2-10H,11-15H2,1H3,(H,22,25)(H,23,24)/t21-/m1/s1. The number of hydrogen-bond donors (Lipinski definition) is 2. The van der Waals surface area contributed by atoms with E-state index < -0.39 is 21.3 Å². The van der Waals surface area contributed by atoms with E-state index in [1.807, 2.05) is 30.3 Å². The lowest BCUT2D eigenvalue weighted by atomic mass is 10.0. The largest absolute Gasteiger partial charge is 0.483 e. The van der Waals surface area contributed by atoms with Crippen molar-refractivity contribution < 1.29 is 22.7 Å². The SMILES string of the molecule is C[C@@]1(NC(=O)COc2ccccc2C(=O)NCc2ccccc2)CCS(=O)(=O)C1. The Morgan fingerprint density at radius 3 is 2.45 bits per heavy atom. The Bertz CT molecular complexity index is 991. The molecular weight excluding hydrogens is 392 g/mol. The predicted molar refractivity (Wildman–Crippen MR) is 109 cm³/mol. The van der Waals surface area contributed by atoms with E-state index in [0.29, 0.717) is 18.5 Å². The summed E-state index contributed by atoms with van der Waals surface area (Å²) in [5, 5.41) is 5.56. The van der Waals surface area contributed by atoms with E-state index in [1.165, 1.54) is 0 Å². The van der Waals surface area contributed by atoms with Crippen LogP contribution >= 0.6 is 0 Å². The van der Waals surface area contributed by atoms with E-state index in [2.05, 4.69) is 10.6 Å². The average molecular weight is 416 g/mol. The van der Waals surface area contributed by atoms with Crippen LogP contribution in [0, 0.1) is 0 Å². The van der Waals surface area contributed by atoms with E-state index >= 15 is 0 Å². The molecule has 0 radical (unpaired) electrons. The Balaban J connectivity index is 1.57. The van der Waals surface area contributed by atoms with Crippen LogP contribution in [0.5, 0.6) is 5.75 Å². The van der Waals surface area contributed by atoms with Crippen LogP contribution < -0.4 is 15.4 Å². The van der Waals surface area contributed by atoms with Crippen molar-refractivity contribution in [2.24, 2.45) is 0 Å². The summed E-state index contributed by atoms with van der Waals surface area (Å²) in [5.74, 6) is -0.459. The average Bonchev–Trinajstić information content (AvgIpc) is 2.98. The van der Waals surface area contributed by atoms with Gasteiger partial charge < -0.3 is 15.4 Å². The maximum absolute atomic E-state index is 12.5. The molecule has 1 atom stereocenters. The molecule has 0 unspecified atom stereocenters. The van der Waals surface area contributed by atoms with Gasteiger partial charge in [-0.1, -0.05) is 42.5 Å². The van der Waals surface area contributed by atoms with Gasteiger partial charge in [0, 0.05) is 6.54 Å². The van der Waals surface area contributed by atoms with Crippen molar-refractivity contribution in [3.8, 4) is 5.75 Å². The van der Waals surface area contributed by atoms with Gasteiger partial charge in [0.05, 0.1) is 22.6 Å². The molecule has 2 amide bonds. The van der Waals surface area contributed by atoms with Gasteiger partial charge >= 0.3 is 0 Å². The van der Waals surface area contributed by atoms with Gasteiger partial charge in [-0.25, -0.2) is 8.42 Å². The number of carbonyl (C=O) groups excluding carboxylic acids is 2. The molecule has 0 spiro atoms. The number of hydrogen-bond acceptors (Lipinski definition) is 5. The Morgan fingerprint density at radius 2 is 1.76 bits per heavy atom. The van der Waals surface area contributed by atoms with E-state index in [0.717, 1.165) is 5.56 Å². The second kappa shape index (κ2) is 8.65. The summed E-state index contributed by atoms with van der Waals surface area (Å²) in [6.45, 7) is 1.78. The first-order chi connectivity index (χ1) is 13.8. The zero-order valence-electron chi connectivity index (χ0n) is 16.2. The van der Waals surface area contributed by atoms with Crippen molar-refractivity contribution in [2.75, 3.05) is 18.1 Å². The third kappa shape index (κ3) is 5.80. The van der Waals surface area contributed by atoms with Crippen LogP contribution in [-0.4, -0.2) is 43.9 Å². The Hall–Kier alpha value is -2.87. The van der Waals surface area contributed by atoms with Crippen molar-refractivity contribution in [3.63, 3.8) is 0 Å². The second-order valence-corrected chi connectivity index (χ2v) is 9.59. The van der Waals surface area contributed by atoms with Crippen molar-refractivity contribution in [2.45, 2.75) is 25.4 Å². The topological polar surface area (TPSA) is 102 Å². The van der Waals surface area contributed by atoms with E-state index in [4.69, 9.17) is 4.74 Å². The highest BCUT2D eigenvalue weighted by Crippen LogP contribution is 2.23. The number of ether oxygens (including phenoxy) is 1. The minimum Gasteiger partial charge on any atom is -0.483 e. The van der Waals surface area contributed by atoms with Crippen LogP contribution in [0.3, 0.4) is 0 Å². The van der Waals surface area contributed by atoms with Gasteiger partial charge in [0.2, 0.25) is 0 Å². The first-order valence-corrected chi connectivity index (χ1v) is 11.1. The third-order valence-corrected chi connectivity index (χ3v) is 6.63. The maximum atomic E-state index is 12.5. The van der Waals surface area contributed by atoms with Gasteiger partial charge in [0.1, 0.15) is 5.75 Å². The molecule has 2 N–H and O–H groups in total. The third-order valence-electron chi connectivity index (χ3n) is 4.73. The summed E-state index contributed by atoms with van der Waals surface area (Å²) >= 11 is 0. The predicted octanol–water partition coefficient (Wildman–Crippen LogP) is 1.69. The lowest BCUT2D eigenvalue weighted by Crippen LogP contribution is -2.48. The normalized spacial score (nSPS) is 20.0. The number of carbonyl (C=O) groups is 2. The molecule has 7 nitrogen and oxygen atoms in total. The van der Waals surface area contributed by atoms with Gasteiger partial charge in [-0.15, -0.1) is 0 Å². The van der Waals surface area contributed by atoms with Crippen LogP contribution in [0.2, 0.25) is 0 Å². The quantitative estimate of drug-likeness (QED) is 0.715. The molecule has 0 aromatic heterocycles. The van der Waals surface area contributed by atoms with Crippen molar-refractivity contribution in [1.82, 2.24) is 10.6 Å². The smallest absolute Gasteiger partial charge is 0.258 e. The van der Waals surface area contributed by atoms with Crippen LogP contribution in [0.4, 0.5) is 0 Å². The highest BCUT2D eigenvalue weighted by molar-refractivity contribution is 7.91. The Morgan fingerprint density at radius 1 is 1.07 bits per heavy atom. The van der Waals surface area contributed by atoms with Crippen molar-refractivity contribution >= 4 is 21.7 Å². The minimum absolute atomic E-state index is 0.0645. The minimum atomic E-state index is -3.12. The van der Waals surface area contributed by atoms with Gasteiger partial charge in [-0.3, -0.25) is 9.59 Å². The molecule has 1 aliphatic rings. The number of rotatable bonds is 7. The molecule has 2 aromatic rings.